The van der Waals surface area contributed by atoms with Crippen LogP contribution in [0.5, 0.6) is 0 Å². The Morgan fingerprint density at radius 1 is 1.39 bits per heavy atom. The van der Waals surface area contributed by atoms with Gasteiger partial charge in [0.25, 0.3) is 0 Å². The van der Waals surface area contributed by atoms with Crippen molar-refractivity contribution < 1.29 is 0 Å². The van der Waals surface area contributed by atoms with Crippen LogP contribution in [0.25, 0.3) is 0 Å². The highest BCUT2D eigenvalue weighted by Crippen LogP contribution is 2.29. The smallest absolute Gasteiger partial charge is 0.191 e. The number of hydrogen-bond donors (Lipinski definition) is 2. The second-order valence-corrected chi connectivity index (χ2v) is 8.60. The molecule has 1 saturated heterocycles. The summed E-state index contributed by atoms with van der Waals surface area (Å²) in [4.78, 5) is 11.7. The number of thiazole rings is 1. The van der Waals surface area contributed by atoms with Gasteiger partial charge < -0.3 is 10.6 Å². The average molecular weight is 336 g/mol. The molecule has 0 radical (unpaired) electrons. The number of aromatic nitrogens is 1. The van der Waals surface area contributed by atoms with Crippen LogP contribution in [-0.2, 0) is 12.0 Å². The molecule has 1 unspecified atom stereocenters. The molecule has 1 aliphatic heterocycles. The van der Waals surface area contributed by atoms with Crippen molar-refractivity contribution in [1.29, 1.82) is 0 Å². The Morgan fingerprint density at radius 2 is 2.17 bits per heavy atom. The van der Waals surface area contributed by atoms with Crippen LogP contribution in [0.3, 0.4) is 0 Å². The molecule has 1 aliphatic carbocycles. The second kappa shape index (κ2) is 6.77. The molecule has 1 atom stereocenters. The fourth-order valence-corrected chi connectivity index (χ4v) is 3.92. The second-order valence-electron chi connectivity index (χ2n) is 7.66. The van der Waals surface area contributed by atoms with Crippen LogP contribution in [0.1, 0.15) is 50.7 Å². The van der Waals surface area contributed by atoms with E-state index in [0.717, 1.165) is 35.8 Å². The largest absolute Gasteiger partial charge is 0.352 e. The van der Waals surface area contributed by atoms with Gasteiger partial charge in [-0.3, -0.25) is 9.89 Å². The van der Waals surface area contributed by atoms with Crippen molar-refractivity contribution in [3.8, 4) is 0 Å². The zero-order chi connectivity index (χ0) is 16.4. The molecular weight excluding hydrogens is 306 g/mol. The van der Waals surface area contributed by atoms with Gasteiger partial charge in [0.05, 0.1) is 12.2 Å². The Morgan fingerprint density at radius 3 is 2.78 bits per heavy atom. The molecule has 5 nitrogen and oxygen atoms in total. The van der Waals surface area contributed by atoms with Gasteiger partial charge in [0.2, 0.25) is 0 Å². The molecule has 0 spiro atoms. The number of nitrogens with zero attached hydrogens (tertiary/aromatic N) is 3. The molecule has 0 aromatic carbocycles. The van der Waals surface area contributed by atoms with Crippen molar-refractivity contribution in [2.24, 2.45) is 4.99 Å². The van der Waals surface area contributed by atoms with Gasteiger partial charge in [0, 0.05) is 43.0 Å². The van der Waals surface area contributed by atoms with Crippen molar-refractivity contribution in [3.63, 3.8) is 0 Å². The number of nitrogens with one attached hydrogen (secondary N) is 2. The van der Waals surface area contributed by atoms with E-state index >= 15 is 0 Å². The normalized spacial score (nSPS) is 23.3. The minimum Gasteiger partial charge on any atom is -0.352 e. The topological polar surface area (TPSA) is 52.6 Å². The summed E-state index contributed by atoms with van der Waals surface area (Å²) < 4.78 is 0. The minimum atomic E-state index is 0.116. The first-order valence-corrected chi connectivity index (χ1v) is 9.50. The molecule has 1 saturated carbocycles. The number of likely N-dealkylation sites (tertiary alicyclic amines) is 1. The zero-order valence-electron chi connectivity index (χ0n) is 14.7. The Hall–Kier alpha value is -1.14. The monoisotopic (exact) mass is 335 g/mol. The van der Waals surface area contributed by atoms with Gasteiger partial charge in [-0.2, -0.15) is 0 Å². The summed E-state index contributed by atoms with van der Waals surface area (Å²) in [7, 11) is 1.84. The predicted octanol–water partition coefficient (Wildman–Crippen LogP) is 2.34. The van der Waals surface area contributed by atoms with Crippen molar-refractivity contribution in [2.75, 3.05) is 20.1 Å². The van der Waals surface area contributed by atoms with Crippen LogP contribution in [0.4, 0.5) is 0 Å². The zero-order valence-corrected chi connectivity index (χ0v) is 15.5. The maximum absolute atomic E-state index is 4.73. The standard InChI is InChI=1S/C17H29N5S/c1-17(2,3)14-11-23-15(21-14)9-19-16(18-4)20-12-7-8-22(10-12)13-5-6-13/h11-13H,5-10H2,1-4H3,(H2,18,19,20). The number of rotatable bonds is 4. The molecule has 3 rings (SSSR count). The maximum Gasteiger partial charge on any atom is 0.191 e. The molecule has 0 amide bonds. The van der Waals surface area contributed by atoms with Crippen molar-refractivity contribution in [1.82, 2.24) is 20.5 Å². The van der Waals surface area contributed by atoms with E-state index in [1.165, 1.54) is 25.8 Å². The molecule has 1 aromatic heterocycles. The van der Waals surface area contributed by atoms with Gasteiger partial charge in [-0.25, -0.2) is 4.98 Å². The van der Waals surface area contributed by atoms with Crippen LogP contribution in [-0.4, -0.2) is 48.1 Å². The van der Waals surface area contributed by atoms with E-state index in [-0.39, 0.29) is 5.41 Å². The Kier molecular flexibility index (Phi) is 4.92. The number of aliphatic imine (C=N–C) groups is 1. The third-order valence-corrected chi connectivity index (χ3v) is 5.42. The summed E-state index contributed by atoms with van der Waals surface area (Å²) >= 11 is 1.72. The fourth-order valence-electron chi connectivity index (χ4n) is 2.96. The Labute approximate surface area is 143 Å². The third kappa shape index (κ3) is 4.44. The molecule has 2 heterocycles. The van der Waals surface area contributed by atoms with Crippen molar-refractivity contribution in [2.45, 2.75) is 64.1 Å². The average Bonchev–Trinajstić information content (AvgIpc) is 3.05. The SMILES string of the molecule is CN=C(NCc1nc(C(C)(C)C)cs1)NC1CCN(C2CC2)C1. The van der Waals surface area contributed by atoms with E-state index in [9.17, 15) is 0 Å². The molecule has 128 valence electrons. The lowest BCUT2D eigenvalue weighted by molar-refractivity contribution is 0.321. The molecule has 0 bridgehead atoms. The van der Waals surface area contributed by atoms with Gasteiger partial charge in [0.1, 0.15) is 5.01 Å². The first-order chi connectivity index (χ1) is 11.0. The molecule has 2 N–H and O–H groups in total. The molecular formula is C17H29N5S. The molecule has 6 heteroatoms. The fraction of sp³-hybridized carbons (Fsp3) is 0.765. The summed E-state index contributed by atoms with van der Waals surface area (Å²) in [6.45, 7) is 9.71. The number of hydrogen-bond acceptors (Lipinski definition) is 4. The minimum absolute atomic E-state index is 0.116. The van der Waals surface area contributed by atoms with E-state index < -0.39 is 0 Å². The van der Waals surface area contributed by atoms with E-state index in [1.807, 2.05) is 7.05 Å². The van der Waals surface area contributed by atoms with Crippen molar-refractivity contribution >= 4 is 17.3 Å². The number of guanidine groups is 1. The molecule has 2 aliphatic rings. The lowest BCUT2D eigenvalue weighted by atomic mass is 9.93. The summed E-state index contributed by atoms with van der Waals surface area (Å²) in [6.07, 6.45) is 3.99. The van der Waals surface area contributed by atoms with Gasteiger partial charge in [0.15, 0.2) is 5.96 Å². The summed E-state index contributed by atoms with van der Waals surface area (Å²) in [5.74, 6) is 0.889. The third-order valence-electron chi connectivity index (χ3n) is 4.57. The van der Waals surface area contributed by atoms with Crippen LogP contribution in [0.15, 0.2) is 10.4 Å². The van der Waals surface area contributed by atoms with E-state index in [0.29, 0.717) is 6.04 Å². The van der Waals surface area contributed by atoms with E-state index in [4.69, 9.17) is 4.98 Å². The van der Waals surface area contributed by atoms with Crippen LogP contribution in [0, 0.1) is 0 Å². The predicted molar refractivity (Wildman–Crippen MR) is 97.1 cm³/mol. The Balaban J connectivity index is 1.47. The first-order valence-electron chi connectivity index (χ1n) is 8.62. The Bertz CT molecular complexity index is 556. The van der Waals surface area contributed by atoms with Crippen LogP contribution < -0.4 is 10.6 Å². The summed E-state index contributed by atoms with van der Waals surface area (Å²) in [5, 5.41) is 10.2. The van der Waals surface area contributed by atoms with Crippen molar-refractivity contribution in [3.05, 3.63) is 16.1 Å². The van der Waals surface area contributed by atoms with E-state index in [1.54, 1.807) is 11.3 Å². The first kappa shape index (κ1) is 16.7. The molecule has 2 fully saturated rings. The highest BCUT2D eigenvalue weighted by atomic mass is 32.1. The molecule has 1 aromatic rings. The quantitative estimate of drug-likeness (QED) is 0.655. The van der Waals surface area contributed by atoms with Gasteiger partial charge >= 0.3 is 0 Å². The van der Waals surface area contributed by atoms with E-state index in [2.05, 4.69) is 46.7 Å². The molecule has 23 heavy (non-hydrogen) atoms. The van der Waals surface area contributed by atoms with Gasteiger partial charge in [-0.1, -0.05) is 20.8 Å². The van der Waals surface area contributed by atoms with Crippen LogP contribution in [0.2, 0.25) is 0 Å². The lowest BCUT2D eigenvalue weighted by Gasteiger charge is -2.18. The lowest BCUT2D eigenvalue weighted by Crippen LogP contribution is -2.44. The van der Waals surface area contributed by atoms with Gasteiger partial charge in [-0.15, -0.1) is 11.3 Å². The van der Waals surface area contributed by atoms with Gasteiger partial charge in [-0.05, 0) is 19.3 Å². The summed E-state index contributed by atoms with van der Waals surface area (Å²) in [6, 6.07) is 1.38. The summed E-state index contributed by atoms with van der Waals surface area (Å²) in [5.41, 5.74) is 1.28. The van der Waals surface area contributed by atoms with Crippen LogP contribution >= 0.6 is 11.3 Å². The maximum atomic E-state index is 4.73. The highest BCUT2D eigenvalue weighted by molar-refractivity contribution is 7.09. The highest BCUT2D eigenvalue weighted by Gasteiger charge is 2.34.